The van der Waals surface area contributed by atoms with Gasteiger partial charge in [-0.2, -0.15) is 0 Å². The number of aromatic nitrogens is 1. The molecule has 0 saturated carbocycles. The molecule has 2 aromatic rings. The van der Waals surface area contributed by atoms with E-state index in [-0.39, 0.29) is 13.2 Å². The molecular weight excluding hydrogens is 230 g/mol. The topological polar surface area (TPSA) is 91.4 Å². The van der Waals surface area contributed by atoms with Crippen molar-refractivity contribution in [2.75, 3.05) is 24.3 Å². The zero-order chi connectivity index (χ0) is 13.2. The number of nitrogens with one attached hydrogen (secondary N) is 1. The highest BCUT2D eigenvalue weighted by molar-refractivity contribution is 5.98. The number of fused-ring (bicyclic) bond motifs is 1. The zero-order valence-electron chi connectivity index (χ0n) is 10.2. The fraction of sp³-hybridized carbons (Fsp3) is 0.308. The van der Waals surface area contributed by atoms with E-state index in [0.717, 1.165) is 11.1 Å². The van der Waals surface area contributed by atoms with Crippen molar-refractivity contribution in [2.45, 2.75) is 12.5 Å². The number of nitrogens with two attached hydrogens (primary N) is 1. The van der Waals surface area contributed by atoms with Crippen LogP contribution in [0.3, 0.4) is 0 Å². The van der Waals surface area contributed by atoms with Crippen LogP contribution in [0.25, 0.3) is 10.9 Å². The van der Waals surface area contributed by atoms with Gasteiger partial charge in [0.15, 0.2) is 0 Å². The third-order valence-corrected chi connectivity index (χ3v) is 2.94. The van der Waals surface area contributed by atoms with Crippen molar-refractivity contribution in [3.8, 4) is 0 Å². The van der Waals surface area contributed by atoms with E-state index in [9.17, 15) is 10.2 Å². The van der Waals surface area contributed by atoms with Crippen LogP contribution in [0.5, 0.6) is 0 Å². The molecule has 0 amide bonds. The molecule has 0 saturated heterocycles. The minimum absolute atomic E-state index is 0.171. The molecule has 18 heavy (non-hydrogen) atoms. The summed E-state index contributed by atoms with van der Waals surface area (Å²) in [5, 5.41) is 22.6. The van der Waals surface area contributed by atoms with E-state index in [4.69, 9.17) is 5.73 Å². The molecule has 0 bridgehead atoms. The monoisotopic (exact) mass is 247 g/mol. The van der Waals surface area contributed by atoms with Gasteiger partial charge in [0.2, 0.25) is 0 Å². The largest absolute Gasteiger partial charge is 0.397 e. The quantitative estimate of drug-likeness (QED) is 0.604. The summed E-state index contributed by atoms with van der Waals surface area (Å²) in [4.78, 5) is 4.23. The SMILES string of the molecule is CC(CO)(CO)Nc1ccc(N)c2ncccc12. The van der Waals surface area contributed by atoms with E-state index in [0.29, 0.717) is 11.2 Å². The number of benzene rings is 1. The van der Waals surface area contributed by atoms with Gasteiger partial charge < -0.3 is 21.3 Å². The van der Waals surface area contributed by atoms with Gasteiger partial charge in [0.1, 0.15) is 0 Å². The van der Waals surface area contributed by atoms with Crippen LogP contribution in [0.1, 0.15) is 6.92 Å². The van der Waals surface area contributed by atoms with E-state index in [2.05, 4.69) is 10.3 Å². The molecule has 5 nitrogen and oxygen atoms in total. The number of pyridine rings is 1. The molecular formula is C13H17N3O2. The van der Waals surface area contributed by atoms with Gasteiger partial charge in [0, 0.05) is 17.3 Å². The first-order chi connectivity index (χ1) is 8.59. The number of rotatable bonds is 4. The molecule has 0 aliphatic carbocycles. The lowest BCUT2D eigenvalue weighted by atomic mass is 10.0. The molecule has 0 radical (unpaired) electrons. The molecule has 5 heteroatoms. The Labute approximate surface area is 105 Å². The second-order valence-corrected chi connectivity index (χ2v) is 4.60. The lowest BCUT2D eigenvalue weighted by Gasteiger charge is -2.28. The van der Waals surface area contributed by atoms with Crippen LogP contribution < -0.4 is 11.1 Å². The number of nitrogens with zero attached hydrogens (tertiary/aromatic N) is 1. The summed E-state index contributed by atoms with van der Waals surface area (Å²) < 4.78 is 0. The van der Waals surface area contributed by atoms with Crippen LogP contribution in [-0.4, -0.2) is 33.9 Å². The van der Waals surface area contributed by atoms with Gasteiger partial charge in [0.05, 0.1) is 30.0 Å². The predicted molar refractivity (Wildman–Crippen MR) is 72.4 cm³/mol. The molecule has 0 unspecified atom stereocenters. The molecule has 1 aromatic heterocycles. The Morgan fingerprint density at radius 3 is 2.67 bits per heavy atom. The highest BCUT2D eigenvalue weighted by Crippen LogP contribution is 2.28. The molecule has 2 rings (SSSR count). The van der Waals surface area contributed by atoms with Crippen molar-refractivity contribution in [3.63, 3.8) is 0 Å². The Kier molecular flexibility index (Phi) is 3.36. The highest BCUT2D eigenvalue weighted by atomic mass is 16.3. The van der Waals surface area contributed by atoms with Crippen molar-refractivity contribution in [2.24, 2.45) is 0 Å². The van der Waals surface area contributed by atoms with Gasteiger partial charge in [-0.05, 0) is 31.2 Å². The molecule has 96 valence electrons. The Bertz CT molecular complexity index is 553. The van der Waals surface area contributed by atoms with Crippen molar-refractivity contribution in [3.05, 3.63) is 30.5 Å². The molecule has 0 spiro atoms. The molecule has 0 fully saturated rings. The summed E-state index contributed by atoms with van der Waals surface area (Å²) in [6, 6.07) is 7.30. The Morgan fingerprint density at radius 1 is 1.28 bits per heavy atom. The normalized spacial score (nSPS) is 11.7. The third-order valence-electron chi connectivity index (χ3n) is 2.94. The first-order valence-electron chi connectivity index (χ1n) is 5.73. The Morgan fingerprint density at radius 2 is 2.00 bits per heavy atom. The van der Waals surface area contributed by atoms with Crippen LogP contribution in [0, 0.1) is 0 Å². The maximum Gasteiger partial charge on any atom is 0.0951 e. The first kappa shape index (κ1) is 12.6. The summed E-state index contributed by atoms with van der Waals surface area (Å²) in [6.07, 6.45) is 1.68. The van der Waals surface area contributed by atoms with Gasteiger partial charge in [0.25, 0.3) is 0 Å². The second-order valence-electron chi connectivity index (χ2n) is 4.60. The van der Waals surface area contributed by atoms with Crippen molar-refractivity contribution < 1.29 is 10.2 Å². The van der Waals surface area contributed by atoms with E-state index in [1.54, 1.807) is 19.2 Å². The lowest BCUT2D eigenvalue weighted by molar-refractivity contribution is 0.147. The van der Waals surface area contributed by atoms with Gasteiger partial charge in [-0.3, -0.25) is 4.98 Å². The number of aliphatic hydroxyl groups is 2. The average Bonchev–Trinajstić information content (AvgIpc) is 2.42. The fourth-order valence-electron chi connectivity index (χ4n) is 1.76. The summed E-state index contributed by atoms with van der Waals surface area (Å²) in [5.74, 6) is 0. The lowest BCUT2D eigenvalue weighted by Crippen LogP contribution is -2.42. The summed E-state index contributed by atoms with van der Waals surface area (Å²) in [5.41, 5.74) is 7.19. The van der Waals surface area contributed by atoms with Crippen LogP contribution in [-0.2, 0) is 0 Å². The second kappa shape index (κ2) is 4.80. The Balaban J connectivity index is 2.49. The number of hydrogen-bond acceptors (Lipinski definition) is 5. The van der Waals surface area contributed by atoms with Crippen LogP contribution in [0.4, 0.5) is 11.4 Å². The summed E-state index contributed by atoms with van der Waals surface area (Å²) >= 11 is 0. The smallest absolute Gasteiger partial charge is 0.0951 e. The molecule has 0 aliphatic heterocycles. The van der Waals surface area contributed by atoms with E-state index in [1.165, 1.54) is 0 Å². The molecule has 5 N–H and O–H groups in total. The third kappa shape index (κ3) is 2.23. The first-order valence-corrected chi connectivity index (χ1v) is 5.73. The predicted octanol–water partition coefficient (Wildman–Crippen LogP) is 0.972. The molecule has 0 aliphatic rings. The Hall–Kier alpha value is -1.85. The summed E-state index contributed by atoms with van der Waals surface area (Å²) in [7, 11) is 0. The number of aliphatic hydroxyl groups excluding tert-OH is 2. The van der Waals surface area contributed by atoms with E-state index >= 15 is 0 Å². The van der Waals surface area contributed by atoms with E-state index < -0.39 is 5.54 Å². The standard InChI is InChI=1S/C13H17N3O2/c1-13(7-17,8-18)16-11-5-4-10(14)12-9(11)3-2-6-15-12/h2-6,16-18H,7-8,14H2,1H3. The van der Waals surface area contributed by atoms with Gasteiger partial charge in [-0.25, -0.2) is 0 Å². The van der Waals surface area contributed by atoms with Crippen molar-refractivity contribution in [1.29, 1.82) is 0 Å². The van der Waals surface area contributed by atoms with Crippen LogP contribution in [0.2, 0.25) is 0 Å². The number of nitrogen functional groups attached to an aromatic ring is 1. The fourth-order valence-corrected chi connectivity index (χ4v) is 1.76. The van der Waals surface area contributed by atoms with Crippen molar-refractivity contribution >= 4 is 22.3 Å². The van der Waals surface area contributed by atoms with Crippen molar-refractivity contribution in [1.82, 2.24) is 4.98 Å². The molecule has 0 atom stereocenters. The van der Waals surface area contributed by atoms with Crippen LogP contribution in [0.15, 0.2) is 30.5 Å². The average molecular weight is 247 g/mol. The maximum atomic E-state index is 9.31. The summed E-state index contributed by atoms with van der Waals surface area (Å²) in [6.45, 7) is 1.40. The van der Waals surface area contributed by atoms with Gasteiger partial charge >= 0.3 is 0 Å². The molecule has 1 heterocycles. The van der Waals surface area contributed by atoms with E-state index in [1.807, 2.05) is 18.2 Å². The molecule has 1 aromatic carbocycles. The zero-order valence-corrected chi connectivity index (χ0v) is 10.2. The minimum Gasteiger partial charge on any atom is -0.397 e. The maximum absolute atomic E-state index is 9.31. The number of hydrogen-bond donors (Lipinski definition) is 4. The van der Waals surface area contributed by atoms with Gasteiger partial charge in [-0.15, -0.1) is 0 Å². The minimum atomic E-state index is -0.779. The van der Waals surface area contributed by atoms with Gasteiger partial charge in [-0.1, -0.05) is 0 Å². The number of anilines is 2. The van der Waals surface area contributed by atoms with Crippen LogP contribution >= 0.6 is 0 Å². The highest BCUT2D eigenvalue weighted by Gasteiger charge is 2.22.